The Labute approximate surface area is 89.6 Å². The Hall–Kier alpha value is -0.900. The predicted octanol–water partition coefficient (Wildman–Crippen LogP) is 0.773. The van der Waals surface area contributed by atoms with Crippen LogP contribution in [0.4, 0.5) is 0 Å². The van der Waals surface area contributed by atoms with Crippen LogP contribution in [0.15, 0.2) is 0 Å². The van der Waals surface area contributed by atoms with E-state index in [1.807, 2.05) is 0 Å². The zero-order chi connectivity index (χ0) is 11.3. The van der Waals surface area contributed by atoms with E-state index in [1.165, 1.54) is 0 Å². The number of hydrogen-bond donors (Lipinski definition) is 1. The first-order chi connectivity index (χ1) is 7.19. The van der Waals surface area contributed by atoms with Crippen molar-refractivity contribution in [2.75, 3.05) is 13.2 Å². The van der Waals surface area contributed by atoms with Crippen LogP contribution in [-0.2, 0) is 14.3 Å². The Morgan fingerprint density at radius 1 is 1.53 bits per heavy atom. The molecule has 0 bridgehead atoms. The fraction of sp³-hybridized carbons (Fsp3) is 0.818. The topological polar surface area (TPSA) is 63.6 Å². The summed E-state index contributed by atoms with van der Waals surface area (Å²) in [4.78, 5) is 22.4. The average molecular weight is 214 g/mol. The van der Waals surface area contributed by atoms with Crippen molar-refractivity contribution in [3.8, 4) is 0 Å². The highest BCUT2D eigenvalue weighted by atomic mass is 16.5. The third kappa shape index (κ3) is 3.30. The van der Waals surface area contributed by atoms with Gasteiger partial charge in [0.15, 0.2) is 0 Å². The molecule has 1 fully saturated rings. The zero-order valence-corrected chi connectivity index (χ0v) is 9.02. The van der Waals surface area contributed by atoms with Crippen LogP contribution in [0, 0.1) is 17.8 Å². The minimum atomic E-state index is -0.340. The number of carbonyl (C=O) groups is 2. The molecule has 0 heterocycles. The first kappa shape index (κ1) is 12.2. The van der Waals surface area contributed by atoms with Crippen LogP contribution in [0.25, 0.3) is 0 Å². The van der Waals surface area contributed by atoms with E-state index in [0.29, 0.717) is 12.3 Å². The molecule has 1 saturated carbocycles. The van der Waals surface area contributed by atoms with Gasteiger partial charge in [-0.2, -0.15) is 0 Å². The summed E-state index contributed by atoms with van der Waals surface area (Å²) in [6, 6.07) is 0. The van der Waals surface area contributed by atoms with Crippen LogP contribution in [0.5, 0.6) is 0 Å². The number of aldehydes is 1. The van der Waals surface area contributed by atoms with E-state index < -0.39 is 0 Å². The summed E-state index contributed by atoms with van der Waals surface area (Å²) in [7, 11) is 0. The highest BCUT2D eigenvalue weighted by Gasteiger charge is 2.34. The second-order valence-corrected chi connectivity index (χ2v) is 4.22. The molecule has 0 aromatic carbocycles. The number of carbonyl (C=O) groups excluding carboxylic acids is 2. The maximum absolute atomic E-state index is 11.6. The molecular formula is C11H18O4. The monoisotopic (exact) mass is 214 g/mol. The van der Waals surface area contributed by atoms with Crippen molar-refractivity contribution in [3.63, 3.8) is 0 Å². The second kappa shape index (κ2) is 5.85. The molecule has 0 spiro atoms. The molecule has 1 rings (SSSR count). The summed E-state index contributed by atoms with van der Waals surface area (Å²) in [5, 5.41) is 8.54. The summed E-state index contributed by atoms with van der Waals surface area (Å²) < 4.78 is 4.86. The molecule has 0 aromatic heterocycles. The Morgan fingerprint density at radius 2 is 2.27 bits per heavy atom. The molecule has 0 aromatic rings. The Morgan fingerprint density at radius 3 is 2.87 bits per heavy atom. The highest BCUT2D eigenvalue weighted by molar-refractivity contribution is 5.77. The molecule has 0 amide bonds. The Kier molecular flexibility index (Phi) is 4.75. The average Bonchev–Trinajstić information content (AvgIpc) is 2.25. The number of rotatable bonds is 4. The first-order valence-corrected chi connectivity index (χ1v) is 5.41. The number of ether oxygens (including phenoxy) is 1. The zero-order valence-electron chi connectivity index (χ0n) is 9.02. The molecule has 3 atom stereocenters. The van der Waals surface area contributed by atoms with Crippen LogP contribution in [0.2, 0.25) is 0 Å². The van der Waals surface area contributed by atoms with Crippen LogP contribution in [0.3, 0.4) is 0 Å². The summed E-state index contributed by atoms with van der Waals surface area (Å²) in [5.74, 6) is -0.384. The molecule has 1 aliphatic rings. The van der Waals surface area contributed by atoms with E-state index in [-0.39, 0.29) is 31.0 Å². The van der Waals surface area contributed by atoms with E-state index in [2.05, 4.69) is 6.92 Å². The summed E-state index contributed by atoms with van der Waals surface area (Å²) in [6.45, 7) is 1.93. The van der Waals surface area contributed by atoms with Gasteiger partial charge in [0.1, 0.15) is 12.9 Å². The van der Waals surface area contributed by atoms with Crippen molar-refractivity contribution in [2.45, 2.75) is 26.2 Å². The highest BCUT2D eigenvalue weighted by Crippen LogP contribution is 2.33. The van der Waals surface area contributed by atoms with Gasteiger partial charge in [0.05, 0.1) is 12.5 Å². The van der Waals surface area contributed by atoms with Gasteiger partial charge < -0.3 is 14.6 Å². The van der Waals surface area contributed by atoms with Gasteiger partial charge in [0.25, 0.3) is 0 Å². The van der Waals surface area contributed by atoms with Gasteiger partial charge in [-0.05, 0) is 25.2 Å². The quantitative estimate of drug-likeness (QED) is 0.554. The number of hydrogen-bond acceptors (Lipinski definition) is 4. The minimum absolute atomic E-state index is 0.0231. The summed E-state index contributed by atoms with van der Waals surface area (Å²) in [6.07, 6.45) is 3.33. The minimum Gasteiger partial charge on any atom is -0.463 e. The van der Waals surface area contributed by atoms with E-state index in [9.17, 15) is 9.59 Å². The molecule has 0 saturated heterocycles. The van der Waals surface area contributed by atoms with Gasteiger partial charge >= 0.3 is 5.97 Å². The SMILES string of the molecule is CC1CCC(C=O)C(C(=O)OCCO)C1. The van der Waals surface area contributed by atoms with Crippen molar-refractivity contribution in [3.05, 3.63) is 0 Å². The summed E-state index contributed by atoms with van der Waals surface area (Å²) >= 11 is 0. The lowest BCUT2D eigenvalue weighted by molar-refractivity contribution is -0.154. The lowest BCUT2D eigenvalue weighted by Crippen LogP contribution is -2.33. The van der Waals surface area contributed by atoms with Crippen LogP contribution in [-0.4, -0.2) is 30.6 Å². The standard InChI is InChI=1S/C11H18O4/c1-8-2-3-9(7-13)10(6-8)11(14)15-5-4-12/h7-10,12H,2-6H2,1H3. The van der Waals surface area contributed by atoms with Crippen molar-refractivity contribution in [1.82, 2.24) is 0 Å². The normalized spacial score (nSPS) is 30.9. The van der Waals surface area contributed by atoms with E-state index in [0.717, 1.165) is 19.1 Å². The van der Waals surface area contributed by atoms with Gasteiger partial charge in [0, 0.05) is 5.92 Å². The maximum Gasteiger partial charge on any atom is 0.309 e. The van der Waals surface area contributed by atoms with Crippen molar-refractivity contribution in [1.29, 1.82) is 0 Å². The fourth-order valence-corrected chi connectivity index (χ4v) is 2.09. The molecular weight excluding hydrogens is 196 g/mol. The van der Waals surface area contributed by atoms with Crippen LogP contribution in [0.1, 0.15) is 26.2 Å². The predicted molar refractivity (Wildman–Crippen MR) is 54.1 cm³/mol. The van der Waals surface area contributed by atoms with Crippen molar-refractivity contribution in [2.24, 2.45) is 17.8 Å². The fourth-order valence-electron chi connectivity index (χ4n) is 2.09. The lowest BCUT2D eigenvalue weighted by Gasteiger charge is -2.29. The van der Waals surface area contributed by atoms with Crippen LogP contribution < -0.4 is 0 Å². The van der Waals surface area contributed by atoms with Gasteiger partial charge in [-0.15, -0.1) is 0 Å². The molecule has 4 nitrogen and oxygen atoms in total. The van der Waals surface area contributed by atoms with E-state index >= 15 is 0 Å². The number of esters is 1. The van der Waals surface area contributed by atoms with Gasteiger partial charge in [-0.3, -0.25) is 4.79 Å². The molecule has 15 heavy (non-hydrogen) atoms. The van der Waals surface area contributed by atoms with Gasteiger partial charge in [0.2, 0.25) is 0 Å². The Bertz CT molecular complexity index is 227. The largest absolute Gasteiger partial charge is 0.463 e. The molecule has 1 aliphatic carbocycles. The molecule has 86 valence electrons. The Balaban J connectivity index is 2.54. The molecule has 1 N–H and O–H groups in total. The van der Waals surface area contributed by atoms with Crippen LogP contribution >= 0.6 is 0 Å². The van der Waals surface area contributed by atoms with Crippen molar-refractivity contribution >= 4 is 12.3 Å². The third-order valence-electron chi connectivity index (χ3n) is 2.98. The smallest absolute Gasteiger partial charge is 0.309 e. The van der Waals surface area contributed by atoms with Gasteiger partial charge in [-0.1, -0.05) is 6.92 Å². The number of aliphatic hydroxyl groups excluding tert-OH is 1. The molecule has 0 aliphatic heterocycles. The van der Waals surface area contributed by atoms with Gasteiger partial charge in [-0.25, -0.2) is 0 Å². The third-order valence-corrected chi connectivity index (χ3v) is 2.98. The lowest BCUT2D eigenvalue weighted by atomic mass is 9.75. The first-order valence-electron chi connectivity index (χ1n) is 5.41. The maximum atomic E-state index is 11.6. The van der Waals surface area contributed by atoms with E-state index in [1.54, 1.807) is 0 Å². The number of aliphatic hydroxyl groups is 1. The molecule has 4 heteroatoms. The van der Waals surface area contributed by atoms with E-state index in [4.69, 9.17) is 9.84 Å². The summed E-state index contributed by atoms with van der Waals surface area (Å²) in [5.41, 5.74) is 0. The second-order valence-electron chi connectivity index (χ2n) is 4.22. The molecule has 3 unspecified atom stereocenters. The van der Waals surface area contributed by atoms with Crippen molar-refractivity contribution < 1.29 is 19.4 Å². The molecule has 0 radical (unpaired) electrons.